The van der Waals surface area contributed by atoms with Crippen LogP contribution in [0.15, 0.2) is 58.9 Å². The van der Waals surface area contributed by atoms with Gasteiger partial charge in [0.1, 0.15) is 5.25 Å². The molecule has 1 fully saturated rings. The summed E-state index contributed by atoms with van der Waals surface area (Å²) in [6.07, 6.45) is 3.16. The molecule has 0 bridgehead atoms. The zero-order valence-corrected chi connectivity index (χ0v) is 17.2. The van der Waals surface area contributed by atoms with Crippen LogP contribution in [0, 0.1) is 0 Å². The van der Waals surface area contributed by atoms with Gasteiger partial charge in [-0.1, -0.05) is 72.5 Å². The molecular weight excluding hydrogens is 388 g/mol. The fraction of sp³-hybridized carbons (Fsp3) is 0.286. The highest BCUT2D eigenvalue weighted by Crippen LogP contribution is 2.39. The second-order valence-corrected chi connectivity index (χ2v) is 9.07. The van der Waals surface area contributed by atoms with Crippen LogP contribution in [0.5, 0.6) is 0 Å². The van der Waals surface area contributed by atoms with E-state index < -0.39 is 0 Å². The van der Waals surface area contributed by atoms with Crippen LogP contribution in [0.4, 0.5) is 10.8 Å². The fourth-order valence-corrected chi connectivity index (χ4v) is 4.73. The lowest BCUT2D eigenvalue weighted by Crippen LogP contribution is -2.29. The molecule has 1 atom stereocenters. The van der Waals surface area contributed by atoms with Gasteiger partial charge in [0.2, 0.25) is 11.0 Å². The highest BCUT2D eigenvalue weighted by molar-refractivity contribution is 8.01. The van der Waals surface area contributed by atoms with E-state index in [0.29, 0.717) is 6.04 Å². The first-order chi connectivity index (χ1) is 13.7. The third-order valence-corrected chi connectivity index (χ3v) is 6.68. The van der Waals surface area contributed by atoms with E-state index in [4.69, 9.17) is 0 Å². The Kier molecular flexibility index (Phi) is 5.92. The van der Waals surface area contributed by atoms with Gasteiger partial charge in [-0.2, -0.15) is 0 Å². The largest absolute Gasteiger partial charge is 0.352 e. The number of anilines is 2. The second-order valence-electron chi connectivity index (χ2n) is 6.74. The first-order valence-electron chi connectivity index (χ1n) is 9.42. The van der Waals surface area contributed by atoms with E-state index in [1.165, 1.54) is 28.7 Å². The number of hydrogen-bond acceptors (Lipinski definition) is 6. The van der Waals surface area contributed by atoms with Crippen molar-refractivity contribution in [1.29, 1.82) is 0 Å². The maximum Gasteiger partial charge on any atom is 0.238 e. The maximum absolute atomic E-state index is 12.8. The van der Waals surface area contributed by atoms with Crippen LogP contribution in [-0.4, -0.2) is 22.1 Å². The number of nitrogens with one attached hydrogen (secondary N) is 2. The highest BCUT2D eigenvalue weighted by atomic mass is 32.2. The number of benzene rings is 2. The van der Waals surface area contributed by atoms with E-state index in [1.807, 2.05) is 42.5 Å². The highest BCUT2D eigenvalue weighted by Gasteiger charge is 2.29. The molecule has 1 aliphatic rings. The van der Waals surface area contributed by atoms with E-state index in [0.717, 1.165) is 40.0 Å². The summed E-state index contributed by atoms with van der Waals surface area (Å²) in [5, 5.41) is 15.3. The topological polar surface area (TPSA) is 66.9 Å². The van der Waals surface area contributed by atoms with Gasteiger partial charge in [0.15, 0.2) is 4.34 Å². The van der Waals surface area contributed by atoms with Gasteiger partial charge in [-0.3, -0.25) is 4.79 Å². The molecule has 28 heavy (non-hydrogen) atoms. The number of nitrogens with zero attached hydrogens (tertiary/aromatic N) is 2. The van der Waals surface area contributed by atoms with Crippen LogP contribution in [0.3, 0.4) is 0 Å². The van der Waals surface area contributed by atoms with Gasteiger partial charge in [-0.15, -0.1) is 10.2 Å². The van der Waals surface area contributed by atoms with E-state index >= 15 is 0 Å². The van der Waals surface area contributed by atoms with Crippen LogP contribution < -0.4 is 10.6 Å². The molecule has 1 aromatic heterocycles. The van der Waals surface area contributed by atoms with E-state index in [1.54, 1.807) is 0 Å². The van der Waals surface area contributed by atoms with Crippen molar-refractivity contribution in [2.24, 2.45) is 0 Å². The third-order valence-electron chi connectivity index (χ3n) is 4.50. The Balaban J connectivity index is 1.46. The molecule has 0 saturated heterocycles. The van der Waals surface area contributed by atoms with Crippen molar-refractivity contribution in [2.75, 3.05) is 5.32 Å². The SMILES string of the molecule is CCc1ccc(Nc2nnc(SC(C(=O)NC3CC3)c3ccccc3)s2)cc1. The minimum absolute atomic E-state index is 0.0403. The zero-order chi connectivity index (χ0) is 19.3. The molecule has 5 nitrogen and oxygen atoms in total. The number of amides is 1. The van der Waals surface area contributed by atoms with Gasteiger partial charge in [0.25, 0.3) is 0 Å². The summed E-state index contributed by atoms with van der Waals surface area (Å²) in [6, 6.07) is 18.5. The Hall–Kier alpha value is -2.38. The number of aromatic nitrogens is 2. The summed E-state index contributed by atoms with van der Waals surface area (Å²) >= 11 is 2.91. The van der Waals surface area contributed by atoms with Crippen LogP contribution in [-0.2, 0) is 11.2 Å². The molecular formula is C21H22N4OS2. The van der Waals surface area contributed by atoms with Crippen LogP contribution in [0.2, 0.25) is 0 Å². The summed E-state index contributed by atoms with van der Waals surface area (Å²) in [5.74, 6) is 0.0403. The molecule has 144 valence electrons. The fourth-order valence-electron chi connectivity index (χ4n) is 2.76. The predicted octanol–water partition coefficient (Wildman–Crippen LogP) is 4.96. The number of aryl methyl sites for hydroxylation is 1. The number of rotatable bonds is 8. The Bertz CT molecular complexity index is 923. The summed E-state index contributed by atoms with van der Waals surface area (Å²) in [6.45, 7) is 2.14. The molecule has 1 heterocycles. The average molecular weight is 411 g/mol. The number of carbonyl (C=O) groups excluding carboxylic acids is 1. The van der Waals surface area contributed by atoms with Crippen molar-refractivity contribution < 1.29 is 4.79 Å². The smallest absolute Gasteiger partial charge is 0.238 e. The quantitative estimate of drug-likeness (QED) is 0.514. The van der Waals surface area contributed by atoms with Gasteiger partial charge in [-0.25, -0.2) is 0 Å². The zero-order valence-electron chi connectivity index (χ0n) is 15.6. The molecule has 4 rings (SSSR count). The van der Waals surface area contributed by atoms with Crippen LogP contribution in [0.1, 0.15) is 36.1 Å². The molecule has 1 aliphatic carbocycles. The van der Waals surface area contributed by atoms with E-state index in [-0.39, 0.29) is 11.2 Å². The summed E-state index contributed by atoms with van der Waals surface area (Å²) in [7, 11) is 0. The Labute approximate surface area is 173 Å². The van der Waals surface area contributed by atoms with Crippen LogP contribution >= 0.6 is 23.1 Å². The molecule has 3 aromatic rings. The Morgan fingerprint density at radius 2 is 1.89 bits per heavy atom. The number of hydrogen-bond donors (Lipinski definition) is 2. The van der Waals surface area contributed by atoms with Crippen molar-refractivity contribution >= 4 is 39.8 Å². The Morgan fingerprint density at radius 1 is 1.14 bits per heavy atom. The average Bonchev–Trinajstić information content (AvgIpc) is 3.44. The maximum atomic E-state index is 12.8. The molecule has 1 saturated carbocycles. The number of carbonyl (C=O) groups is 1. The Morgan fingerprint density at radius 3 is 2.57 bits per heavy atom. The van der Waals surface area contributed by atoms with Crippen molar-refractivity contribution in [1.82, 2.24) is 15.5 Å². The van der Waals surface area contributed by atoms with Crippen molar-refractivity contribution in [3.63, 3.8) is 0 Å². The summed E-state index contributed by atoms with van der Waals surface area (Å²) in [4.78, 5) is 12.8. The van der Waals surface area contributed by atoms with Crippen molar-refractivity contribution in [2.45, 2.75) is 41.8 Å². The molecule has 7 heteroatoms. The molecule has 0 radical (unpaired) electrons. The normalized spacial score (nSPS) is 14.5. The first kappa shape index (κ1) is 19.0. The summed E-state index contributed by atoms with van der Waals surface area (Å²) in [5.41, 5.74) is 3.26. The van der Waals surface area contributed by atoms with Gasteiger partial charge in [-0.05, 0) is 42.5 Å². The second kappa shape index (κ2) is 8.75. The predicted molar refractivity (Wildman–Crippen MR) is 115 cm³/mol. The lowest BCUT2D eigenvalue weighted by molar-refractivity contribution is -0.120. The van der Waals surface area contributed by atoms with E-state index in [9.17, 15) is 4.79 Å². The molecule has 2 aromatic carbocycles. The molecule has 1 unspecified atom stereocenters. The third kappa shape index (κ3) is 4.91. The molecule has 1 amide bonds. The van der Waals surface area contributed by atoms with Gasteiger partial charge in [0.05, 0.1) is 0 Å². The minimum atomic E-state index is -0.327. The van der Waals surface area contributed by atoms with Gasteiger partial charge < -0.3 is 10.6 Å². The van der Waals surface area contributed by atoms with Crippen molar-refractivity contribution in [3.05, 3.63) is 65.7 Å². The molecule has 0 aliphatic heterocycles. The summed E-state index contributed by atoms with van der Waals surface area (Å²) < 4.78 is 0.771. The molecule has 0 spiro atoms. The van der Waals surface area contributed by atoms with Crippen LogP contribution in [0.25, 0.3) is 0 Å². The van der Waals surface area contributed by atoms with Gasteiger partial charge in [0, 0.05) is 11.7 Å². The lowest BCUT2D eigenvalue weighted by Gasteiger charge is -2.15. The van der Waals surface area contributed by atoms with E-state index in [2.05, 4.69) is 39.9 Å². The number of thioether (sulfide) groups is 1. The monoisotopic (exact) mass is 410 g/mol. The first-order valence-corrected chi connectivity index (χ1v) is 11.1. The van der Waals surface area contributed by atoms with Gasteiger partial charge >= 0.3 is 0 Å². The molecule has 2 N–H and O–H groups in total. The lowest BCUT2D eigenvalue weighted by atomic mass is 10.1. The standard InChI is InChI=1S/C21H22N4OS2/c1-2-14-8-10-17(11-9-14)23-20-24-25-21(28-20)27-18(15-6-4-3-5-7-15)19(26)22-16-12-13-16/h3-11,16,18H,2,12-13H2,1H3,(H,22,26)(H,23,24). The van der Waals surface area contributed by atoms with Crippen molar-refractivity contribution in [3.8, 4) is 0 Å². The minimum Gasteiger partial charge on any atom is -0.352 e.